The molecule has 4 aliphatic rings. The van der Waals surface area contributed by atoms with E-state index in [0.717, 1.165) is 33.5 Å². The van der Waals surface area contributed by atoms with E-state index in [2.05, 4.69) is 63.5 Å². The van der Waals surface area contributed by atoms with Crippen LogP contribution in [-0.2, 0) is 20.5 Å². The highest BCUT2D eigenvalue weighted by Gasteiger charge is 2.68. The molecule has 0 spiro atoms. The van der Waals surface area contributed by atoms with E-state index in [1.165, 1.54) is 6.42 Å². The standard InChI is InChI=1S/C39H45BN2O4/c1-24(2)19-35(40-45-34-23-30-22-33(38(30,3)4)39(34,5)46-40)42-37(44)32(21-28-15-10-14-26-12-8-9-16-31(26)28)41-36(43)29-18-17-25-11-6-7-13-27(25)20-29/h6-18,20,24,30,32-35H,19,21-23H2,1-5H3,(H,41,43)(H,42,44)/t30-,32-,33-,34+,35-,39-/m0/s1. The molecule has 2 amide bonds. The van der Waals surface area contributed by atoms with Gasteiger partial charge in [0.2, 0.25) is 5.91 Å². The van der Waals surface area contributed by atoms with E-state index in [0.29, 0.717) is 36.2 Å². The van der Waals surface area contributed by atoms with E-state index in [1.807, 2.05) is 66.7 Å². The molecule has 0 radical (unpaired) electrons. The molecule has 1 aliphatic heterocycles. The molecule has 1 heterocycles. The third kappa shape index (κ3) is 5.52. The van der Waals surface area contributed by atoms with Crippen molar-refractivity contribution in [2.45, 2.75) is 84.0 Å². The molecular weight excluding hydrogens is 571 g/mol. The highest BCUT2D eigenvalue weighted by molar-refractivity contribution is 6.48. The number of nitrogens with one attached hydrogen (secondary N) is 2. The van der Waals surface area contributed by atoms with Gasteiger partial charge in [0, 0.05) is 12.0 Å². The number of hydrogen-bond acceptors (Lipinski definition) is 4. The molecule has 6 atom stereocenters. The van der Waals surface area contributed by atoms with Gasteiger partial charge in [0.15, 0.2) is 0 Å². The molecule has 4 aromatic rings. The highest BCUT2D eigenvalue weighted by atomic mass is 16.7. The van der Waals surface area contributed by atoms with Crippen LogP contribution >= 0.6 is 0 Å². The minimum absolute atomic E-state index is 0.0277. The zero-order chi connectivity index (χ0) is 32.2. The van der Waals surface area contributed by atoms with Crippen molar-refractivity contribution >= 4 is 40.5 Å². The quantitative estimate of drug-likeness (QED) is 0.196. The van der Waals surface area contributed by atoms with Gasteiger partial charge in [-0.15, -0.1) is 0 Å². The summed E-state index contributed by atoms with van der Waals surface area (Å²) < 4.78 is 13.5. The lowest BCUT2D eigenvalue weighted by atomic mass is 9.43. The van der Waals surface area contributed by atoms with Crippen molar-refractivity contribution in [3.63, 3.8) is 0 Å². The van der Waals surface area contributed by atoms with Gasteiger partial charge in [-0.25, -0.2) is 0 Å². The maximum absolute atomic E-state index is 14.3. The Bertz CT molecular complexity index is 1780. The lowest BCUT2D eigenvalue weighted by Gasteiger charge is -2.64. The third-order valence-electron chi connectivity index (χ3n) is 11.3. The first-order valence-electron chi connectivity index (χ1n) is 16.9. The lowest BCUT2D eigenvalue weighted by molar-refractivity contribution is -0.199. The van der Waals surface area contributed by atoms with Crippen LogP contribution in [0.2, 0.25) is 0 Å². The van der Waals surface area contributed by atoms with Gasteiger partial charge >= 0.3 is 7.12 Å². The van der Waals surface area contributed by atoms with Gasteiger partial charge < -0.3 is 19.9 Å². The first kappa shape index (κ1) is 31.0. The first-order chi connectivity index (χ1) is 22.0. The molecule has 8 rings (SSSR count). The van der Waals surface area contributed by atoms with Gasteiger partial charge in [-0.3, -0.25) is 9.59 Å². The smallest absolute Gasteiger partial charge is 0.404 e. The summed E-state index contributed by atoms with van der Waals surface area (Å²) >= 11 is 0. The summed E-state index contributed by atoms with van der Waals surface area (Å²) in [7, 11) is -0.536. The third-order valence-corrected chi connectivity index (χ3v) is 11.3. The maximum atomic E-state index is 14.3. The number of amides is 2. The van der Waals surface area contributed by atoms with Crippen LogP contribution in [0.25, 0.3) is 21.5 Å². The largest absolute Gasteiger partial charge is 0.481 e. The van der Waals surface area contributed by atoms with E-state index in [1.54, 1.807) is 0 Å². The monoisotopic (exact) mass is 616 g/mol. The fraction of sp³-hybridized carbons (Fsp3) is 0.436. The normalized spacial score (nSPS) is 26.0. The van der Waals surface area contributed by atoms with Crippen molar-refractivity contribution in [1.29, 1.82) is 0 Å². The minimum atomic E-state index is -0.801. The summed E-state index contributed by atoms with van der Waals surface area (Å²) in [6.45, 7) is 11.2. The minimum Gasteiger partial charge on any atom is -0.404 e. The number of carbonyl (C=O) groups excluding carboxylic acids is 2. The van der Waals surface area contributed by atoms with Crippen LogP contribution in [0.4, 0.5) is 0 Å². The average Bonchev–Trinajstić information content (AvgIpc) is 3.41. The topological polar surface area (TPSA) is 76.7 Å². The molecule has 238 valence electrons. The first-order valence-corrected chi connectivity index (χ1v) is 16.9. The predicted molar refractivity (Wildman–Crippen MR) is 184 cm³/mol. The van der Waals surface area contributed by atoms with E-state index >= 15 is 0 Å². The van der Waals surface area contributed by atoms with E-state index < -0.39 is 13.2 Å². The van der Waals surface area contributed by atoms with Crippen molar-refractivity contribution in [2.24, 2.45) is 23.2 Å². The molecule has 0 aromatic heterocycles. The second kappa shape index (κ2) is 11.8. The molecule has 7 heteroatoms. The Kier molecular flexibility index (Phi) is 7.97. The van der Waals surface area contributed by atoms with Crippen LogP contribution in [0, 0.1) is 23.2 Å². The highest BCUT2D eigenvalue weighted by Crippen LogP contribution is 2.65. The Morgan fingerprint density at radius 2 is 1.59 bits per heavy atom. The number of hydrogen-bond donors (Lipinski definition) is 2. The summed E-state index contributed by atoms with van der Waals surface area (Å²) in [5.74, 6) is 0.533. The summed E-state index contributed by atoms with van der Waals surface area (Å²) in [6, 6.07) is 27.1. The number of fused-ring (bicyclic) bond motifs is 2. The molecule has 4 aromatic carbocycles. The SMILES string of the molecule is CC(C)C[C@H](NC(=O)[C@H](Cc1cccc2ccccc12)NC(=O)c1ccc2ccccc2c1)B1O[C@@H]2C[C@@H]3C[C@@H](C3(C)C)[C@]2(C)O1. The van der Waals surface area contributed by atoms with Gasteiger partial charge in [-0.2, -0.15) is 0 Å². The van der Waals surface area contributed by atoms with Gasteiger partial charge in [0.25, 0.3) is 5.91 Å². The summed E-state index contributed by atoms with van der Waals surface area (Å²) in [4.78, 5) is 28.1. The summed E-state index contributed by atoms with van der Waals surface area (Å²) in [5, 5.41) is 10.6. The van der Waals surface area contributed by atoms with Crippen LogP contribution in [-0.4, -0.2) is 42.6 Å². The van der Waals surface area contributed by atoms with Crippen molar-refractivity contribution in [3.05, 3.63) is 96.1 Å². The van der Waals surface area contributed by atoms with E-state index in [4.69, 9.17) is 9.31 Å². The second-order valence-electron chi connectivity index (χ2n) is 15.0. The number of carbonyl (C=O) groups is 2. The van der Waals surface area contributed by atoms with Crippen molar-refractivity contribution < 1.29 is 18.9 Å². The lowest BCUT2D eigenvalue weighted by Crippen LogP contribution is -2.65. The van der Waals surface area contributed by atoms with Gasteiger partial charge in [0.1, 0.15) is 6.04 Å². The zero-order valence-electron chi connectivity index (χ0n) is 27.6. The molecule has 1 saturated heterocycles. The average molecular weight is 617 g/mol. The molecule has 3 saturated carbocycles. The molecule has 4 fully saturated rings. The Hall–Kier alpha value is -3.68. The molecular formula is C39H45BN2O4. The Morgan fingerprint density at radius 3 is 2.35 bits per heavy atom. The van der Waals surface area contributed by atoms with Crippen LogP contribution in [0.15, 0.2) is 84.9 Å². The van der Waals surface area contributed by atoms with Gasteiger partial charge in [0.05, 0.1) is 17.6 Å². The van der Waals surface area contributed by atoms with Crippen molar-refractivity contribution in [2.75, 3.05) is 0 Å². The summed E-state index contributed by atoms with van der Waals surface area (Å²) in [5.41, 5.74) is 1.40. The maximum Gasteiger partial charge on any atom is 0.481 e. The molecule has 0 unspecified atom stereocenters. The predicted octanol–water partition coefficient (Wildman–Crippen LogP) is 7.13. The van der Waals surface area contributed by atoms with Crippen LogP contribution in [0.1, 0.15) is 69.8 Å². The molecule has 2 N–H and O–H groups in total. The number of rotatable bonds is 9. The molecule has 6 nitrogen and oxygen atoms in total. The van der Waals surface area contributed by atoms with Crippen LogP contribution < -0.4 is 10.6 Å². The Balaban J connectivity index is 1.16. The van der Waals surface area contributed by atoms with Crippen molar-refractivity contribution in [3.8, 4) is 0 Å². The van der Waals surface area contributed by atoms with Crippen LogP contribution in [0.3, 0.4) is 0 Å². The second-order valence-corrected chi connectivity index (χ2v) is 15.0. The molecule has 46 heavy (non-hydrogen) atoms. The Morgan fingerprint density at radius 1 is 0.870 bits per heavy atom. The summed E-state index contributed by atoms with van der Waals surface area (Å²) in [6.07, 6.45) is 3.25. The van der Waals surface area contributed by atoms with Crippen LogP contribution in [0.5, 0.6) is 0 Å². The molecule has 3 aliphatic carbocycles. The fourth-order valence-corrected chi connectivity index (χ4v) is 8.57. The van der Waals surface area contributed by atoms with Gasteiger partial charge in [-0.05, 0) is 88.6 Å². The number of benzene rings is 4. The van der Waals surface area contributed by atoms with Crippen molar-refractivity contribution in [1.82, 2.24) is 10.6 Å². The molecule has 2 bridgehead atoms. The fourth-order valence-electron chi connectivity index (χ4n) is 8.57. The zero-order valence-corrected chi connectivity index (χ0v) is 27.6. The van der Waals surface area contributed by atoms with E-state index in [9.17, 15) is 9.59 Å². The van der Waals surface area contributed by atoms with Gasteiger partial charge in [-0.1, -0.05) is 100 Å². The Labute approximate surface area is 272 Å². The van der Waals surface area contributed by atoms with E-state index in [-0.39, 0.29) is 34.9 Å².